The molecule has 86 valence electrons. The van der Waals surface area contributed by atoms with E-state index in [0.29, 0.717) is 0 Å². The zero-order chi connectivity index (χ0) is 11.9. The SMILES string of the molecule is C1=Cc2c([nH]c3ccccc23)-c2ccccc2O1. The molecule has 0 atom stereocenters. The Labute approximate surface area is 105 Å². The smallest absolute Gasteiger partial charge is 0.135 e. The van der Waals surface area contributed by atoms with Crippen LogP contribution in [0.5, 0.6) is 5.75 Å². The van der Waals surface area contributed by atoms with Crippen LogP contribution in [0.1, 0.15) is 5.56 Å². The second-order valence-corrected chi connectivity index (χ2v) is 4.38. The van der Waals surface area contributed by atoms with E-state index in [0.717, 1.165) is 22.5 Å². The highest BCUT2D eigenvalue weighted by molar-refractivity contribution is 5.97. The average Bonchev–Trinajstić information content (AvgIpc) is 2.69. The molecular formula is C16H11NO. The quantitative estimate of drug-likeness (QED) is 0.618. The predicted octanol–water partition coefficient (Wildman–Crippen LogP) is 4.20. The number of hydrogen-bond acceptors (Lipinski definition) is 1. The van der Waals surface area contributed by atoms with Gasteiger partial charge in [0.25, 0.3) is 0 Å². The first-order valence-electron chi connectivity index (χ1n) is 5.97. The molecule has 0 saturated heterocycles. The Morgan fingerprint density at radius 3 is 2.72 bits per heavy atom. The van der Waals surface area contributed by atoms with E-state index in [4.69, 9.17) is 4.74 Å². The van der Waals surface area contributed by atoms with Crippen LogP contribution in [0.25, 0.3) is 28.2 Å². The summed E-state index contributed by atoms with van der Waals surface area (Å²) in [7, 11) is 0. The van der Waals surface area contributed by atoms with Gasteiger partial charge in [-0.2, -0.15) is 0 Å². The Bertz CT molecular complexity index is 768. The molecule has 0 spiro atoms. The summed E-state index contributed by atoms with van der Waals surface area (Å²) in [4.78, 5) is 3.48. The third-order valence-corrected chi connectivity index (χ3v) is 3.33. The molecule has 0 saturated carbocycles. The lowest BCUT2D eigenvalue weighted by Crippen LogP contribution is -1.84. The molecular weight excluding hydrogens is 222 g/mol. The Kier molecular flexibility index (Phi) is 1.86. The fourth-order valence-electron chi connectivity index (χ4n) is 2.50. The van der Waals surface area contributed by atoms with Crippen molar-refractivity contribution in [2.75, 3.05) is 0 Å². The van der Waals surface area contributed by atoms with Crippen molar-refractivity contribution in [1.82, 2.24) is 4.98 Å². The van der Waals surface area contributed by atoms with Crippen molar-refractivity contribution in [3.8, 4) is 17.0 Å². The molecule has 0 unspecified atom stereocenters. The number of hydrogen-bond donors (Lipinski definition) is 1. The molecule has 2 heteroatoms. The molecule has 2 heterocycles. The topological polar surface area (TPSA) is 25.0 Å². The summed E-state index contributed by atoms with van der Waals surface area (Å²) in [5.41, 5.74) is 4.58. The van der Waals surface area contributed by atoms with E-state index < -0.39 is 0 Å². The van der Waals surface area contributed by atoms with Gasteiger partial charge in [-0.15, -0.1) is 0 Å². The highest BCUT2D eigenvalue weighted by atomic mass is 16.5. The van der Waals surface area contributed by atoms with Crippen molar-refractivity contribution in [3.63, 3.8) is 0 Å². The summed E-state index contributed by atoms with van der Waals surface area (Å²) >= 11 is 0. The molecule has 1 N–H and O–H groups in total. The van der Waals surface area contributed by atoms with Crippen LogP contribution < -0.4 is 4.74 Å². The van der Waals surface area contributed by atoms with Crippen molar-refractivity contribution in [1.29, 1.82) is 0 Å². The van der Waals surface area contributed by atoms with Gasteiger partial charge in [0.15, 0.2) is 0 Å². The second kappa shape index (κ2) is 3.50. The summed E-state index contributed by atoms with van der Waals surface area (Å²) in [5, 5.41) is 1.23. The van der Waals surface area contributed by atoms with Crippen LogP contribution in [0.2, 0.25) is 0 Å². The molecule has 0 aliphatic carbocycles. The zero-order valence-electron chi connectivity index (χ0n) is 9.68. The van der Waals surface area contributed by atoms with Gasteiger partial charge in [0.1, 0.15) is 5.75 Å². The predicted molar refractivity (Wildman–Crippen MR) is 73.4 cm³/mol. The van der Waals surface area contributed by atoms with E-state index in [9.17, 15) is 0 Å². The fourth-order valence-corrected chi connectivity index (χ4v) is 2.50. The van der Waals surface area contributed by atoms with Gasteiger partial charge in [0.05, 0.1) is 12.0 Å². The lowest BCUT2D eigenvalue weighted by Gasteiger charge is -2.04. The normalized spacial score (nSPS) is 12.7. The monoisotopic (exact) mass is 233 g/mol. The molecule has 0 bridgehead atoms. The number of aromatic amines is 1. The van der Waals surface area contributed by atoms with Gasteiger partial charge < -0.3 is 9.72 Å². The number of para-hydroxylation sites is 2. The van der Waals surface area contributed by atoms with Crippen LogP contribution in [0.3, 0.4) is 0 Å². The van der Waals surface area contributed by atoms with Crippen LogP contribution >= 0.6 is 0 Å². The van der Waals surface area contributed by atoms with Crippen LogP contribution in [-0.4, -0.2) is 4.98 Å². The molecule has 0 fully saturated rings. The number of aromatic nitrogens is 1. The molecule has 1 aliphatic rings. The van der Waals surface area contributed by atoms with Crippen molar-refractivity contribution < 1.29 is 4.74 Å². The molecule has 2 aromatic carbocycles. The minimum absolute atomic E-state index is 0.888. The lowest BCUT2D eigenvalue weighted by atomic mass is 10.1. The van der Waals surface area contributed by atoms with Gasteiger partial charge in [-0.25, -0.2) is 0 Å². The van der Waals surface area contributed by atoms with E-state index in [1.807, 2.05) is 30.3 Å². The molecule has 1 aliphatic heterocycles. The lowest BCUT2D eigenvalue weighted by molar-refractivity contribution is 0.488. The Balaban J connectivity index is 2.14. The van der Waals surface area contributed by atoms with Crippen molar-refractivity contribution in [2.24, 2.45) is 0 Å². The number of ether oxygens (including phenoxy) is 1. The fraction of sp³-hybridized carbons (Fsp3) is 0. The first kappa shape index (κ1) is 9.54. The zero-order valence-corrected chi connectivity index (χ0v) is 9.68. The molecule has 4 rings (SSSR count). The molecule has 2 nitrogen and oxygen atoms in total. The third kappa shape index (κ3) is 1.23. The first-order valence-corrected chi connectivity index (χ1v) is 5.97. The van der Waals surface area contributed by atoms with Crippen molar-refractivity contribution in [2.45, 2.75) is 0 Å². The molecule has 18 heavy (non-hydrogen) atoms. The Hall–Kier alpha value is -2.48. The van der Waals surface area contributed by atoms with Gasteiger partial charge in [-0.3, -0.25) is 0 Å². The number of nitrogens with one attached hydrogen (secondary N) is 1. The van der Waals surface area contributed by atoms with Gasteiger partial charge in [0, 0.05) is 22.0 Å². The van der Waals surface area contributed by atoms with Gasteiger partial charge >= 0.3 is 0 Å². The van der Waals surface area contributed by atoms with Crippen molar-refractivity contribution in [3.05, 3.63) is 60.4 Å². The summed E-state index contributed by atoms with van der Waals surface area (Å²) in [6.07, 6.45) is 3.78. The van der Waals surface area contributed by atoms with Crippen molar-refractivity contribution >= 4 is 17.0 Å². The summed E-state index contributed by atoms with van der Waals surface area (Å²) in [5.74, 6) is 0.888. The summed E-state index contributed by atoms with van der Waals surface area (Å²) < 4.78 is 5.64. The second-order valence-electron chi connectivity index (χ2n) is 4.38. The number of rotatable bonds is 0. The number of fused-ring (bicyclic) bond motifs is 5. The van der Waals surface area contributed by atoms with E-state index in [1.54, 1.807) is 6.26 Å². The largest absolute Gasteiger partial charge is 0.464 e. The van der Waals surface area contributed by atoms with Crippen LogP contribution in [-0.2, 0) is 0 Å². The maximum absolute atomic E-state index is 5.64. The van der Waals surface area contributed by atoms with Crippen LogP contribution in [0.15, 0.2) is 54.8 Å². The minimum atomic E-state index is 0.888. The number of H-pyrrole nitrogens is 1. The van der Waals surface area contributed by atoms with Crippen LogP contribution in [0, 0.1) is 0 Å². The van der Waals surface area contributed by atoms with E-state index in [1.165, 1.54) is 10.9 Å². The summed E-state index contributed by atoms with van der Waals surface area (Å²) in [6.45, 7) is 0. The maximum atomic E-state index is 5.64. The van der Waals surface area contributed by atoms with Crippen LogP contribution in [0.4, 0.5) is 0 Å². The maximum Gasteiger partial charge on any atom is 0.135 e. The third-order valence-electron chi connectivity index (χ3n) is 3.33. The van der Waals surface area contributed by atoms with E-state index in [-0.39, 0.29) is 0 Å². The van der Waals surface area contributed by atoms with E-state index in [2.05, 4.69) is 29.2 Å². The first-order chi connectivity index (χ1) is 8.93. The Morgan fingerprint density at radius 1 is 0.889 bits per heavy atom. The standard InChI is InChI=1S/C16H11NO/c1-3-7-14-11(5-1)12-9-10-18-15-8-4-2-6-13(15)16(12)17-14/h1-10,17H. The summed E-state index contributed by atoms with van der Waals surface area (Å²) in [6, 6.07) is 16.4. The highest BCUT2D eigenvalue weighted by Gasteiger charge is 2.16. The highest BCUT2D eigenvalue weighted by Crippen LogP contribution is 2.38. The Morgan fingerprint density at radius 2 is 1.72 bits per heavy atom. The van der Waals surface area contributed by atoms with Gasteiger partial charge in [-0.1, -0.05) is 30.3 Å². The van der Waals surface area contributed by atoms with E-state index >= 15 is 0 Å². The average molecular weight is 233 g/mol. The van der Waals surface area contributed by atoms with Gasteiger partial charge in [-0.05, 0) is 24.3 Å². The number of benzene rings is 2. The minimum Gasteiger partial charge on any atom is -0.464 e. The molecule has 3 aromatic rings. The molecule has 0 radical (unpaired) electrons. The van der Waals surface area contributed by atoms with Gasteiger partial charge in [0.2, 0.25) is 0 Å². The molecule has 0 amide bonds. The molecule has 1 aromatic heterocycles.